The van der Waals surface area contributed by atoms with Crippen molar-refractivity contribution in [2.75, 3.05) is 36.5 Å². The van der Waals surface area contributed by atoms with Gasteiger partial charge in [-0.2, -0.15) is 0 Å². The number of benzene rings is 1. The Morgan fingerprint density at radius 2 is 1.85 bits per heavy atom. The van der Waals surface area contributed by atoms with Gasteiger partial charge in [-0.25, -0.2) is 9.59 Å². The predicted octanol–water partition coefficient (Wildman–Crippen LogP) is 4.27. The molecule has 176 valence electrons. The molecule has 2 aliphatic heterocycles. The van der Waals surface area contributed by atoms with Crippen LogP contribution in [0.2, 0.25) is 0 Å². The molecule has 2 fully saturated rings. The quantitative estimate of drug-likeness (QED) is 0.745. The molecule has 0 atom stereocenters. The van der Waals surface area contributed by atoms with E-state index in [9.17, 15) is 14.4 Å². The highest BCUT2D eigenvalue weighted by Gasteiger charge is 2.29. The minimum absolute atomic E-state index is 0.116. The summed E-state index contributed by atoms with van der Waals surface area (Å²) in [5, 5.41) is 2.93. The normalized spacial score (nSPS) is 17.1. The van der Waals surface area contributed by atoms with Gasteiger partial charge in [-0.3, -0.25) is 9.69 Å². The van der Waals surface area contributed by atoms with E-state index in [-0.39, 0.29) is 24.1 Å². The molecule has 2 aliphatic rings. The molecule has 1 N–H and O–H groups in total. The van der Waals surface area contributed by atoms with Crippen molar-refractivity contribution in [2.45, 2.75) is 45.3 Å². The van der Waals surface area contributed by atoms with Crippen molar-refractivity contribution >= 4 is 29.5 Å². The van der Waals surface area contributed by atoms with E-state index in [1.165, 1.54) is 4.90 Å². The van der Waals surface area contributed by atoms with Gasteiger partial charge in [-0.05, 0) is 63.9 Å². The Labute approximate surface area is 193 Å². The molecule has 9 nitrogen and oxygen atoms in total. The Morgan fingerprint density at radius 1 is 1.09 bits per heavy atom. The molecule has 0 unspecified atom stereocenters. The van der Waals surface area contributed by atoms with Crippen LogP contribution in [-0.2, 0) is 9.47 Å². The molecule has 0 spiro atoms. The van der Waals surface area contributed by atoms with Gasteiger partial charge in [0.15, 0.2) is 0 Å². The number of hydrogen-bond acceptors (Lipinski definition) is 5. The molecule has 0 saturated carbocycles. The van der Waals surface area contributed by atoms with Crippen molar-refractivity contribution < 1.29 is 23.9 Å². The summed E-state index contributed by atoms with van der Waals surface area (Å²) in [6.07, 6.45) is 2.69. The summed E-state index contributed by atoms with van der Waals surface area (Å²) in [6, 6.07) is 10.9. The largest absolute Gasteiger partial charge is 0.447 e. The van der Waals surface area contributed by atoms with E-state index in [1.54, 1.807) is 29.2 Å². The Balaban J connectivity index is 1.39. The van der Waals surface area contributed by atoms with E-state index < -0.39 is 5.60 Å². The monoisotopic (exact) mass is 454 g/mol. The second-order valence-corrected chi connectivity index (χ2v) is 9.27. The summed E-state index contributed by atoms with van der Waals surface area (Å²) in [7, 11) is 0. The number of rotatable bonds is 4. The van der Waals surface area contributed by atoms with Gasteiger partial charge >= 0.3 is 12.2 Å². The third kappa shape index (κ3) is 5.30. The average molecular weight is 455 g/mol. The van der Waals surface area contributed by atoms with Crippen LogP contribution in [0.25, 0.3) is 0 Å². The molecule has 4 rings (SSSR count). The molecule has 3 amide bonds. The Kier molecular flexibility index (Phi) is 6.31. The fourth-order valence-corrected chi connectivity index (χ4v) is 4.13. The molecular formula is C24H30N4O5. The van der Waals surface area contributed by atoms with Crippen molar-refractivity contribution in [1.29, 1.82) is 0 Å². The lowest BCUT2D eigenvalue weighted by Crippen LogP contribution is -2.42. The van der Waals surface area contributed by atoms with Crippen molar-refractivity contribution in [3.8, 4) is 0 Å². The second kappa shape index (κ2) is 9.17. The van der Waals surface area contributed by atoms with Crippen molar-refractivity contribution in [3.05, 3.63) is 48.3 Å². The summed E-state index contributed by atoms with van der Waals surface area (Å²) < 4.78 is 12.4. The van der Waals surface area contributed by atoms with Crippen molar-refractivity contribution in [2.24, 2.45) is 0 Å². The van der Waals surface area contributed by atoms with Crippen LogP contribution >= 0.6 is 0 Å². The standard InChI is InChI=1S/C24H30N4O5/c1-24(2,3)33-22(30)26-12-9-18(10-13-26)27-11-5-8-20(27)21(29)25-17-6-4-7-19(16-17)28-14-15-32-23(28)31/h4-8,11,16,18H,9-10,12-15H2,1-3H3,(H,25,29). The lowest BCUT2D eigenvalue weighted by atomic mass is 10.0. The SMILES string of the molecule is CC(C)(C)OC(=O)N1CCC(n2cccc2C(=O)Nc2cccc(N3CCOC3=O)c2)CC1. The Hall–Kier alpha value is -3.49. The minimum Gasteiger partial charge on any atom is -0.447 e. The van der Waals surface area contributed by atoms with Crippen LogP contribution < -0.4 is 10.2 Å². The minimum atomic E-state index is -0.522. The van der Waals surface area contributed by atoms with Gasteiger partial charge in [0.25, 0.3) is 5.91 Å². The number of nitrogens with zero attached hydrogens (tertiary/aromatic N) is 3. The number of carbonyl (C=O) groups is 3. The summed E-state index contributed by atoms with van der Waals surface area (Å²) in [4.78, 5) is 40.5. The highest BCUT2D eigenvalue weighted by Crippen LogP contribution is 2.27. The highest BCUT2D eigenvalue weighted by atomic mass is 16.6. The number of ether oxygens (including phenoxy) is 2. The summed E-state index contributed by atoms with van der Waals surface area (Å²) in [6.45, 7) is 7.56. The van der Waals surface area contributed by atoms with Gasteiger partial charge < -0.3 is 24.3 Å². The number of anilines is 2. The van der Waals surface area contributed by atoms with E-state index in [2.05, 4.69) is 5.32 Å². The predicted molar refractivity (Wildman–Crippen MR) is 124 cm³/mol. The average Bonchev–Trinajstić information content (AvgIpc) is 3.42. The van der Waals surface area contributed by atoms with Crippen molar-refractivity contribution in [1.82, 2.24) is 9.47 Å². The Morgan fingerprint density at radius 3 is 2.52 bits per heavy atom. The maximum atomic E-state index is 13.0. The number of likely N-dealkylation sites (tertiary alicyclic amines) is 1. The summed E-state index contributed by atoms with van der Waals surface area (Å²) in [5.41, 5.74) is 1.31. The van der Waals surface area contributed by atoms with E-state index in [4.69, 9.17) is 9.47 Å². The van der Waals surface area contributed by atoms with E-state index in [1.807, 2.05) is 43.7 Å². The van der Waals surface area contributed by atoms with Crippen LogP contribution in [0.5, 0.6) is 0 Å². The molecule has 0 radical (unpaired) electrons. The fraction of sp³-hybridized carbons (Fsp3) is 0.458. The number of piperidine rings is 1. The van der Waals surface area contributed by atoms with Gasteiger partial charge in [0, 0.05) is 36.7 Å². The van der Waals surface area contributed by atoms with Crippen LogP contribution in [0.4, 0.5) is 21.0 Å². The summed E-state index contributed by atoms with van der Waals surface area (Å²) >= 11 is 0. The van der Waals surface area contributed by atoms with Crippen LogP contribution in [0.15, 0.2) is 42.6 Å². The first-order valence-corrected chi connectivity index (χ1v) is 11.2. The molecule has 2 aromatic rings. The van der Waals surface area contributed by atoms with E-state index in [0.29, 0.717) is 43.3 Å². The lowest BCUT2D eigenvalue weighted by molar-refractivity contribution is 0.0187. The van der Waals surface area contributed by atoms with Gasteiger partial charge in [0.2, 0.25) is 0 Å². The van der Waals surface area contributed by atoms with Gasteiger partial charge in [0.1, 0.15) is 17.9 Å². The van der Waals surface area contributed by atoms with Gasteiger partial charge in [-0.1, -0.05) is 6.07 Å². The number of hydrogen-bond donors (Lipinski definition) is 1. The fourth-order valence-electron chi connectivity index (χ4n) is 4.13. The molecule has 0 bridgehead atoms. The topological polar surface area (TPSA) is 93.1 Å². The smallest absolute Gasteiger partial charge is 0.414 e. The third-order valence-corrected chi connectivity index (χ3v) is 5.70. The maximum absolute atomic E-state index is 13.0. The van der Waals surface area contributed by atoms with Crippen LogP contribution in [0.3, 0.4) is 0 Å². The first-order chi connectivity index (χ1) is 15.7. The van der Waals surface area contributed by atoms with E-state index >= 15 is 0 Å². The molecule has 3 heterocycles. The first-order valence-electron chi connectivity index (χ1n) is 11.2. The van der Waals surface area contributed by atoms with Crippen LogP contribution in [0, 0.1) is 0 Å². The molecule has 2 saturated heterocycles. The molecule has 0 aliphatic carbocycles. The molecule has 9 heteroatoms. The first kappa shape index (κ1) is 22.7. The zero-order chi connectivity index (χ0) is 23.6. The number of aromatic nitrogens is 1. The second-order valence-electron chi connectivity index (χ2n) is 9.27. The summed E-state index contributed by atoms with van der Waals surface area (Å²) in [5.74, 6) is -0.226. The van der Waals surface area contributed by atoms with Gasteiger partial charge in [0.05, 0.1) is 6.54 Å². The zero-order valence-electron chi connectivity index (χ0n) is 19.2. The third-order valence-electron chi connectivity index (χ3n) is 5.70. The molecule has 33 heavy (non-hydrogen) atoms. The number of carbonyl (C=O) groups excluding carboxylic acids is 3. The Bertz CT molecular complexity index is 1030. The lowest BCUT2D eigenvalue weighted by Gasteiger charge is -2.34. The highest BCUT2D eigenvalue weighted by molar-refractivity contribution is 6.03. The van der Waals surface area contributed by atoms with Crippen molar-refractivity contribution in [3.63, 3.8) is 0 Å². The number of amides is 3. The van der Waals surface area contributed by atoms with E-state index in [0.717, 1.165) is 12.8 Å². The molecule has 1 aromatic carbocycles. The van der Waals surface area contributed by atoms with Gasteiger partial charge in [-0.15, -0.1) is 0 Å². The maximum Gasteiger partial charge on any atom is 0.414 e. The molecule has 1 aromatic heterocycles. The molecular weight excluding hydrogens is 424 g/mol. The van der Waals surface area contributed by atoms with Crippen LogP contribution in [0.1, 0.15) is 50.1 Å². The zero-order valence-corrected chi connectivity index (χ0v) is 19.2. The number of nitrogens with one attached hydrogen (secondary N) is 1. The van der Waals surface area contributed by atoms with Crippen LogP contribution in [-0.4, -0.2) is 59.4 Å². The number of cyclic esters (lactones) is 1.